The molecule has 0 spiro atoms. The first kappa shape index (κ1) is 17.5. The van der Waals surface area contributed by atoms with Gasteiger partial charge in [0.1, 0.15) is 11.6 Å². The van der Waals surface area contributed by atoms with Crippen LogP contribution in [-0.4, -0.2) is 12.2 Å². The second kappa shape index (κ2) is 7.59. The molecule has 0 atom stereocenters. The third kappa shape index (κ3) is 4.32. The lowest BCUT2D eigenvalue weighted by Crippen LogP contribution is -2.20. The van der Waals surface area contributed by atoms with Crippen molar-refractivity contribution >= 4 is 72.2 Å². The molecule has 2 aromatic rings. The minimum atomic E-state index is -0.441. The highest BCUT2D eigenvalue weighted by Gasteiger charge is 2.12. The number of anilines is 2. The van der Waals surface area contributed by atoms with Gasteiger partial charge in [0.2, 0.25) is 0 Å². The molecule has 0 fully saturated rings. The van der Waals surface area contributed by atoms with Crippen molar-refractivity contribution in [1.29, 1.82) is 0 Å². The maximum Gasteiger partial charge on any atom is 0.175 e. The zero-order valence-corrected chi connectivity index (χ0v) is 16.0. The molecule has 2 aromatic carbocycles. The highest BCUT2D eigenvalue weighted by atomic mass is 79.9. The van der Waals surface area contributed by atoms with E-state index >= 15 is 0 Å². The Morgan fingerprint density at radius 3 is 2.59 bits per heavy atom. The number of ether oxygens (including phenoxy) is 1. The number of halogens is 4. The summed E-state index contributed by atoms with van der Waals surface area (Å²) < 4.78 is 20.3. The molecule has 0 amide bonds. The minimum absolute atomic E-state index is 0.211. The Kier molecular flexibility index (Phi) is 6.02. The fourth-order valence-corrected chi connectivity index (χ4v) is 3.36. The number of hydrogen-bond donors (Lipinski definition) is 2. The summed E-state index contributed by atoms with van der Waals surface area (Å²) in [6.07, 6.45) is 0. The Balaban J connectivity index is 2.19. The van der Waals surface area contributed by atoms with Crippen LogP contribution >= 0.6 is 55.7 Å². The number of nitrogens with one attached hydrogen (secondary N) is 2. The van der Waals surface area contributed by atoms with Crippen molar-refractivity contribution in [2.45, 2.75) is 0 Å². The topological polar surface area (TPSA) is 33.3 Å². The monoisotopic (exact) mass is 466 g/mol. The Morgan fingerprint density at radius 1 is 1.23 bits per heavy atom. The molecule has 0 bridgehead atoms. The van der Waals surface area contributed by atoms with Gasteiger partial charge in [0.05, 0.1) is 18.5 Å². The van der Waals surface area contributed by atoms with Crippen LogP contribution in [0.25, 0.3) is 0 Å². The molecule has 2 rings (SSSR count). The Morgan fingerprint density at radius 2 is 1.95 bits per heavy atom. The van der Waals surface area contributed by atoms with Crippen LogP contribution in [0.4, 0.5) is 15.8 Å². The van der Waals surface area contributed by atoms with E-state index in [-0.39, 0.29) is 10.8 Å². The molecule has 0 aliphatic rings. The van der Waals surface area contributed by atoms with Gasteiger partial charge in [-0.3, -0.25) is 0 Å². The van der Waals surface area contributed by atoms with Crippen LogP contribution < -0.4 is 15.4 Å². The van der Waals surface area contributed by atoms with E-state index in [1.165, 1.54) is 13.2 Å². The lowest BCUT2D eigenvalue weighted by molar-refractivity contribution is 0.417. The molecular formula is C14H10Br2ClFN2OS. The molecule has 3 nitrogen and oxygen atoms in total. The van der Waals surface area contributed by atoms with E-state index in [0.717, 1.165) is 0 Å². The molecule has 0 unspecified atom stereocenters. The first-order valence-corrected chi connectivity index (χ1v) is 8.34. The predicted octanol–water partition coefficient (Wildman–Crippen LogP) is 5.82. The molecule has 22 heavy (non-hydrogen) atoms. The van der Waals surface area contributed by atoms with Crippen molar-refractivity contribution in [3.8, 4) is 5.75 Å². The minimum Gasteiger partial charge on any atom is -0.495 e. The number of hydrogen-bond acceptors (Lipinski definition) is 2. The van der Waals surface area contributed by atoms with Crippen LogP contribution in [0.5, 0.6) is 5.75 Å². The molecule has 0 aromatic heterocycles. The van der Waals surface area contributed by atoms with E-state index in [9.17, 15) is 4.39 Å². The largest absolute Gasteiger partial charge is 0.495 e. The highest BCUT2D eigenvalue weighted by Crippen LogP contribution is 2.31. The Hall–Kier alpha value is -0.890. The normalized spacial score (nSPS) is 10.2. The van der Waals surface area contributed by atoms with Crippen molar-refractivity contribution in [1.82, 2.24) is 0 Å². The van der Waals surface area contributed by atoms with Crippen molar-refractivity contribution in [3.63, 3.8) is 0 Å². The van der Waals surface area contributed by atoms with Crippen LogP contribution in [0, 0.1) is 5.82 Å². The summed E-state index contributed by atoms with van der Waals surface area (Å²) in [6, 6.07) is 8.14. The van der Waals surface area contributed by atoms with E-state index in [4.69, 9.17) is 28.6 Å². The summed E-state index contributed by atoms with van der Waals surface area (Å²) in [7, 11) is 1.54. The lowest BCUT2D eigenvalue weighted by Gasteiger charge is -2.15. The van der Waals surface area contributed by atoms with E-state index in [0.29, 0.717) is 25.4 Å². The maximum absolute atomic E-state index is 14.0. The summed E-state index contributed by atoms with van der Waals surface area (Å²) in [6.45, 7) is 0. The van der Waals surface area contributed by atoms with Crippen molar-refractivity contribution < 1.29 is 9.13 Å². The van der Waals surface area contributed by atoms with Gasteiger partial charge in [0, 0.05) is 14.0 Å². The van der Waals surface area contributed by atoms with Gasteiger partial charge >= 0.3 is 0 Å². The molecule has 2 N–H and O–H groups in total. The quantitative estimate of drug-likeness (QED) is 0.556. The van der Waals surface area contributed by atoms with E-state index in [1.54, 1.807) is 24.3 Å². The standard InChI is InChI=1S/C14H10Br2ClFN2OS/c1-21-12-3-2-8(17)6-11(12)19-14(22)20-13-9(16)4-7(15)5-10(13)18/h2-6H,1H3,(H2,19,20,22). The van der Waals surface area contributed by atoms with Crippen molar-refractivity contribution in [2.24, 2.45) is 0 Å². The number of benzene rings is 2. The average Bonchev–Trinajstić information content (AvgIpc) is 2.43. The first-order valence-electron chi connectivity index (χ1n) is 5.97. The second-order valence-electron chi connectivity index (χ2n) is 4.17. The summed E-state index contributed by atoms with van der Waals surface area (Å²) in [5.41, 5.74) is 0.822. The number of thiocarbonyl (C=S) groups is 1. The molecule has 8 heteroatoms. The number of methoxy groups -OCH3 is 1. The van der Waals surface area contributed by atoms with Crippen molar-refractivity contribution in [2.75, 3.05) is 17.7 Å². The SMILES string of the molecule is COc1ccc(Cl)cc1NC(=S)Nc1c(F)cc(Br)cc1Br. The molecular weight excluding hydrogens is 458 g/mol. The molecule has 0 radical (unpaired) electrons. The summed E-state index contributed by atoms with van der Waals surface area (Å²) >= 11 is 17.7. The second-order valence-corrected chi connectivity index (χ2v) is 6.78. The number of rotatable bonds is 3. The van der Waals surface area contributed by atoms with Gasteiger partial charge in [-0.25, -0.2) is 4.39 Å². The molecule has 0 saturated carbocycles. The van der Waals surface area contributed by atoms with Crippen LogP contribution in [0.1, 0.15) is 0 Å². The summed E-state index contributed by atoms with van der Waals surface area (Å²) in [5.74, 6) is 0.132. The lowest BCUT2D eigenvalue weighted by atomic mass is 10.3. The van der Waals surface area contributed by atoms with Gasteiger partial charge in [-0.05, 0) is 58.5 Å². The molecule has 0 aliphatic carbocycles. The third-order valence-electron chi connectivity index (χ3n) is 2.66. The summed E-state index contributed by atoms with van der Waals surface area (Å²) in [4.78, 5) is 0. The van der Waals surface area contributed by atoms with Crippen LogP contribution in [0.15, 0.2) is 39.3 Å². The smallest absolute Gasteiger partial charge is 0.175 e. The van der Waals surface area contributed by atoms with Gasteiger partial charge in [0.25, 0.3) is 0 Å². The average molecular weight is 469 g/mol. The fourth-order valence-electron chi connectivity index (χ4n) is 1.71. The van der Waals surface area contributed by atoms with E-state index < -0.39 is 5.82 Å². The third-order valence-corrected chi connectivity index (χ3v) is 4.18. The Labute approximate surface area is 154 Å². The van der Waals surface area contributed by atoms with Gasteiger partial charge < -0.3 is 15.4 Å². The maximum atomic E-state index is 14.0. The van der Waals surface area contributed by atoms with Gasteiger partial charge in [-0.15, -0.1) is 0 Å². The van der Waals surface area contributed by atoms with Crippen LogP contribution in [0.3, 0.4) is 0 Å². The molecule has 0 saturated heterocycles. The van der Waals surface area contributed by atoms with E-state index in [2.05, 4.69) is 42.5 Å². The van der Waals surface area contributed by atoms with Gasteiger partial charge in [-0.1, -0.05) is 27.5 Å². The predicted molar refractivity (Wildman–Crippen MR) is 99.6 cm³/mol. The summed E-state index contributed by atoms with van der Waals surface area (Å²) in [5, 5.41) is 6.48. The van der Waals surface area contributed by atoms with Gasteiger partial charge in [-0.2, -0.15) is 0 Å². The zero-order valence-electron chi connectivity index (χ0n) is 11.2. The van der Waals surface area contributed by atoms with Crippen molar-refractivity contribution in [3.05, 3.63) is 50.1 Å². The van der Waals surface area contributed by atoms with Gasteiger partial charge in [0.15, 0.2) is 5.11 Å². The van der Waals surface area contributed by atoms with Crippen LogP contribution in [0.2, 0.25) is 5.02 Å². The first-order chi connectivity index (χ1) is 10.4. The Bertz CT molecular complexity index is 707. The van der Waals surface area contributed by atoms with Crippen LogP contribution in [-0.2, 0) is 0 Å². The fraction of sp³-hybridized carbons (Fsp3) is 0.0714. The molecule has 0 heterocycles. The highest BCUT2D eigenvalue weighted by molar-refractivity contribution is 9.11. The molecule has 0 aliphatic heterocycles. The molecule has 116 valence electrons. The van der Waals surface area contributed by atoms with E-state index in [1.807, 2.05) is 0 Å². The zero-order chi connectivity index (χ0) is 16.3.